The fraction of sp³-hybridized carbons (Fsp3) is 0.212. The van der Waals surface area contributed by atoms with Gasteiger partial charge in [0.25, 0.3) is 0 Å². The van der Waals surface area contributed by atoms with E-state index in [2.05, 4.69) is 10.6 Å². The lowest BCUT2D eigenvalue weighted by Gasteiger charge is -2.31. The number of rotatable bonds is 12. The molecular formula is C33H36N2O4P2. The number of benzene rings is 4. The SMILES string of the molecule is CCC(CC)(C(=O)NCP(=O)(c1ccccc1)c1ccccc1)C(=O)NCP(=O)(c1ccccc1)c1ccccc1. The van der Waals surface area contributed by atoms with Crippen LogP contribution in [0, 0.1) is 5.41 Å². The summed E-state index contributed by atoms with van der Waals surface area (Å²) in [4.78, 5) is 27.6. The normalized spacial score (nSPS) is 12.0. The van der Waals surface area contributed by atoms with E-state index >= 15 is 0 Å². The van der Waals surface area contributed by atoms with Gasteiger partial charge in [0.15, 0.2) is 14.3 Å². The Bertz CT molecular complexity index is 1340. The zero-order chi connectivity index (χ0) is 29.3. The maximum Gasteiger partial charge on any atom is 0.236 e. The van der Waals surface area contributed by atoms with Crippen molar-refractivity contribution in [2.75, 3.05) is 12.6 Å². The molecule has 0 saturated heterocycles. The second kappa shape index (κ2) is 13.3. The van der Waals surface area contributed by atoms with Crippen LogP contribution >= 0.6 is 14.3 Å². The van der Waals surface area contributed by atoms with Gasteiger partial charge in [-0.25, -0.2) is 0 Å². The lowest BCUT2D eigenvalue weighted by atomic mass is 9.80. The van der Waals surface area contributed by atoms with Crippen molar-refractivity contribution in [3.8, 4) is 0 Å². The van der Waals surface area contributed by atoms with E-state index in [0.29, 0.717) is 21.2 Å². The highest BCUT2D eigenvalue weighted by molar-refractivity contribution is 7.79. The Hall–Kier alpha value is -3.72. The van der Waals surface area contributed by atoms with Gasteiger partial charge >= 0.3 is 0 Å². The molecule has 0 aliphatic carbocycles. The smallest absolute Gasteiger partial charge is 0.236 e. The van der Waals surface area contributed by atoms with Crippen molar-refractivity contribution in [3.63, 3.8) is 0 Å². The summed E-state index contributed by atoms with van der Waals surface area (Å²) in [6.45, 7) is 3.56. The van der Waals surface area contributed by atoms with Crippen molar-refractivity contribution in [1.82, 2.24) is 10.6 Å². The molecule has 4 aromatic rings. The first kappa shape index (κ1) is 30.2. The minimum atomic E-state index is -3.23. The van der Waals surface area contributed by atoms with Gasteiger partial charge < -0.3 is 19.8 Å². The topological polar surface area (TPSA) is 92.3 Å². The van der Waals surface area contributed by atoms with E-state index in [4.69, 9.17) is 0 Å². The van der Waals surface area contributed by atoms with Crippen LogP contribution < -0.4 is 31.9 Å². The first-order valence-electron chi connectivity index (χ1n) is 13.8. The summed E-state index contributed by atoms with van der Waals surface area (Å²) in [5, 5.41) is 8.25. The molecule has 0 fully saturated rings. The Balaban J connectivity index is 1.58. The van der Waals surface area contributed by atoms with Crippen LogP contribution in [-0.4, -0.2) is 24.4 Å². The van der Waals surface area contributed by atoms with Crippen molar-refractivity contribution in [3.05, 3.63) is 121 Å². The molecule has 0 atom stereocenters. The number of hydrogen-bond acceptors (Lipinski definition) is 4. The molecule has 4 rings (SSSR count). The van der Waals surface area contributed by atoms with Crippen molar-refractivity contribution in [2.45, 2.75) is 26.7 Å². The number of hydrogen-bond donors (Lipinski definition) is 2. The largest absolute Gasteiger partial charge is 0.348 e. The molecule has 0 aliphatic rings. The van der Waals surface area contributed by atoms with Crippen LogP contribution in [0.4, 0.5) is 0 Å². The van der Waals surface area contributed by atoms with E-state index in [1.54, 1.807) is 62.4 Å². The summed E-state index contributed by atoms with van der Waals surface area (Å²) in [5.41, 5.74) is -1.42. The molecule has 212 valence electrons. The third-order valence-electron chi connectivity index (χ3n) is 7.69. The van der Waals surface area contributed by atoms with Crippen molar-refractivity contribution in [2.24, 2.45) is 5.41 Å². The van der Waals surface area contributed by atoms with Gasteiger partial charge in [0.05, 0.1) is 12.6 Å². The molecule has 0 aliphatic heterocycles. The van der Waals surface area contributed by atoms with E-state index in [0.717, 1.165) is 0 Å². The fourth-order valence-corrected chi connectivity index (χ4v) is 9.71. The molecule has 0 spiro atoms. The Morgan fingerprint density at radius 3 is 0.976 bits per heavy atom. The monoisotopic (exact) mass is 586 g/mol. The zero-order valence-electron chi connectivity index (χ0n) is 23.4. The van der Waals surface area contributed by atoms with Crippen LogP contribution in [0.15, 0.2) is 121 Å². The molecule has 2 N–H and O–H groups in total. The summed E-state index contributed by atoms with van der Waals surface area (Å²) in [7, 11) is -6.46. The number of amides is 2. The lowest BCUT2D eigenvalue weighted by Crippen LogP contribution is -2.52. The first-order valence-corrected chi connectivity index (χ1v) is 17.6. The molecule has 0 heterocycles. The van der Waals surface area contributed by atoms with Crippen LogP contribution in [0.1, 0.15) is 26.7 Å². The number of nitrogens with one attached hydrogen (secondary N) is 2. The summed E-state index contributed by atoms with van der Waals surface area (Å²) < 4.78 is 28.8. The van der Waals surface area contributed by atoms with E-state index in [1.165, 1.54) is 0 Å². The van der Waals surface area contributed by atoms with Crippen LogP contribution in [-0.2, 0) is 18.7 Å². The molecular weight excluding hydrogens is 550 g/mol. The van der Waals surface area contributed by atoms with Gasteiger partial charge in [0.2, 0.25) is 11.8 Å². The maximum atomic E-state index is 14.4. The van der Waals surface area contributed by atoms with Crippen LogP contribution in [0.25, 0.3) is 0 Å². The highest BCUT2D eigenvalue weighted by Gasteiger charge is 2.44. The standard InChI is InChI=1S/C33H36N2O4P2/c1-3-33(4-2,31(36)34-25-40(38,27-17-9-5-10-18-27)28-19-11-6-12-20-28)32(37)35-26-41(39,29-21-13-7-14-22-29)30-23-15-8-16-24-30/h5-24H,3-4,25-26H2,1-2H3,(H,34,36)(H,35,37). The van der Waals surface area contributed by atoms with Gasteiger partial charge in [-0.15, -0.1) is 0 Å². The third-order valence-corrected chi connectivity index (χ3v) is 13.4. The Kier molecular flexibility index (Phi) is 9.81. The molecule has 0 saturated carbocycles. The van der Waals surface area contributed by atoms with Gasteiger partial charge in [-0.1, -0.05) is 135 Å². The molecule has 0 aromatic heterocycles. The average Bonchev–Trinajstić information content (AvgIpc) is 3.05. The summed E-state index contributed by atoms with van der Waals surface area (Å²) >= 11 is 0. The van der Waals surface area contributed by atoms with Crippen molar-refractivity contribution < 1.29 is 18.7 Å². The highest BCUT2D eigenvalue weighted by atomic mass is 31.2. The Labute approximate surface area is 242 Å². The third kappa shape index (κ3) is 6.30. The van der Waals surface area contributed by atoms with Crippen molar-refractivity contribution in [1.29, 1.82) is 0 Å². The molecule has 0 unspecified atom stereocenters. The van der Waals surface area contributed by atoms with E-state index < -0.39 is 31.5 Å². The van der Waals surface area contributed by atoms with Gasteiger partial charge in [-0.05, 0) is 12.8 Å². The van der Waals surface area contributed by atoms with Gasteiger partial charge in [-0.3, -0.25) is 9.59 Å². The summed E-state index contributed by atoms with van der Waals surface area (Å²) in [6.07, 6.45) is 0.203. The molecule has 0 radical (unpaired) electrons. The molecule has 6 nitrogen and oxygen atoms in total. The van der Waals surface area contributed by atoms with E-state index in [-0.39, 0.29) is 25.4 Å². The number of carbonyl (C=O) groups is 2. The first-order chi connectivity index (χ1) is 19.8. The molecule has 41 heavy (non-hydrogen) atoms. The van der Waals surface area contributed by atoms with E-state index in [9.17, 15) is 18.7 Å². The van der Waals surface area contributed by atoms with Gasteiger partial charge in [0.1, 0.15) is 5.41 Å². The van der Waals surface area contributed by atoms with Gasteiger partial charge in [-0.2, -0.15) is 0 Å². The predicted molar refractivity (Wildman–Crippen MR) is 169 cm³/mol. The lowest BCUT2D eigenvalue weighted by molar-refractivity contribution is -0.143. The van der Waals surface area contributed by atoms with Crippen LogP contribution in [0.5, 0.6) is 0 Å². The Morgan fingerprint density at radius 1 is 0.512 bits per heavy atom. The van der Waals surface area contributed by atoms with Crippen molar-refractivity contribution >= 4 is 47.3 Å². The van der Waals surface area contributed by atoms with Crippen LogP contribution in [0.2, 0.25) is 0 Å². The average molecular weight is 587 g/mol. The fourth-order valence-electron chi connectivity index (χ4n) is 5.04. The number of carbonyl (C=O) groups excluding carboxylic acids is 2. The highest BCUT2D eigenvalue weighted by Crippen LogP contribution is 2.44. The summed E-state index contributed by atoms with van der Waals surface area (Å²) in [5.74, 6) is -0.998. The quantitative estimate of drug-likeness (QED) is 0.181. The Morgan fingerprint density at radius 2 is 0.756 bits per heavy atom. The second-order valence-corrected chi connectivity index (χ2v) is 15.6. The minimum absolute atomic E-state index is 0.124. The summed E-state index contributed by atoms with van der Waals surface area (Å²) in [6, 6.07) is 36.3. The minimum Gasteiger partial charge on any atom is -0.348 e. The predicted octanol–water partition coefficient (Wildman–Crippen LogP) is 4.97. The maximum absolute atomic E-state index is 14.4. The second-order valence-electron chi connectivity index (χ2n) is 9.94. The molecule has 8 heteroatoms. The zero-order valence-corrected chi connectivity index (χ0v) is 25.2. The van der Waals surface area contributed by atoms with Crippen LogP contribution in [0.3, 0.4) is 0 Å². The van der Waals surface area contributed by atoms with Gasteiger partial charge in [0, 0.05) is 21.2 Å². The molecule has 0 bridgehead atoms. The molecule has 4 aromatic carbocycles. The molecule has 2 amide bonds. The van der Waals surface area contributed by atoms with E-state index in [1.807, 2.05) is 72.8 Å².